The normalized spacial score (nSPS) is 8.10. The van der Waals surface area contributed by atoms with Crippen LogP contribution in [0.5, 0.6) is 0 Å². The topological polar surface area (TPSA) is 17.1 Å². The molecule has 0 fully saturated rings. The van der Waals surface area contributed by atoms with Crippen LogP contribution in [-0.2, 0) is 4.79 Å². The minimum absolute atomic E-state index is 0.106. The van der Waals surface area contributed by atoms with Gasteiger partial charge < -0.3 is 0 Å². The van der Waals surface area contributed by atoms with Crippen molar-refractivity contribution in [2.75, 3.05) is 0 Å². The molecule has 0 saturated heterocycles. The lowest BCUT2D eigenvalue weighted by molar-refractivity contribution is -0.114. The highest BCUT2D eigenvalue weighted by molar-refractivity contribution is 7.33. The molecular weight excluding hydrogens is 187 g/mol. The largest absolute Gasteiger partial charge is 0.295 e. The molecule has 0 unspecified atom stereocenters. The van der Waals surface area contributed by atoms with Gasteiger partial charge in [-0.3, -0.25) is 4.79 Å². The third-order valence-corrected chi connectivity index (χ3v) is 0.576. The molecule has 0 aliphatic rings. The minimum Gasteiger partial charge on any atom is -0.295 e. The Morgan fingerprint density at radius 2 is 2.00 bits per heavy atom. The predicted octanol–water partition coefficient (Wildman–Crippen LogP) is 2.47. The third-order valence-electron chi connectivity index (χ3n) is 0.576. The molecule has 0 radical (unpaired) electrons. The van der Waals surface area contributed by atoms with Gasteiger partial charge in [0.1, 0.15) is 0 Å². The second-order valence-electron chi connectivity index (χ2n) is 1.54. The Bertz CT molecular complexity index is 101. The SMILES string of the molecule is C=CC(=O)CC.C[SiH](Cl)Cl. The summed E-state index contributed by atoms with van der Waals surface area (Å²) in [4.78, 5) is 10.1. The Balaban J connectivity index is 0. The quantitative estimate of drug-likeness (QED) is 0.379. The molecule has 60 valence electrons. The van der Waals surface area contributed by atoms with Crippen LogP contribution in [0, 0.1) is 0 Å². The Hall–Kier alpha value is 0.207. The van der Waals surface area contributed by atoms with E-state index in [0.717, 1.165) is 0 Å². The molecule has 0 aliphatic carbocycles. The summed E-state index contributed by atoms with van der Waals surface area (Å²) in [6, 6.07) is 0. The predicted molar refractivity (Wildman–Crippen MR) is 50.2 cm³/mol. The van der Waals surface area contributed by atoms with E-state index in [0.29, 0.717) is 6.42 Å². The molecule has 0 aromatic heterocycles. The maximum atomic E-state index is 10.1. The molecule has 4 heteroatoms. The fourth-order valence-corrected chi connectivity index (χ4v) is 0.144. The van der Waals surface area contributed by atoms with Gasteiger partial charge in [0.25, 0.3) is 0 Å². The lowest BCUT2D eigenvalue weighted by Gasteiger charge is -1.75. The molecule has 10 heavy (non-hydrogen) atoms. The Morgan fingerprint density at radius 1 is 1.70 bits per heavy atom. The lowest BCUT2D eigenvalue weighted by Crippen LogP contribution is -1.83. The Kier molecular flexibility index (Phi) is 11.8. The number of carbonyl (C=O) groups excluding carboxylic acids is 1. The van der Waals surface area contributed by atoms with Crippen LogP contribution in [0.1, 0.15) is 13.3 Å². The van der Waals surface area contributed by atoms with E-state index in [4.69, 9.17) is 22.2 Å². The van der Waals surface area contributed by atoms with Gasteiger partial charge in [-0.05, 0) is 12.6 Å². The standard InChI is InChI=1S/C5H8O.CH4Cl2Si/c1-3-5(6)4-2;1-4(2)3/h3H,1,4H2,2H3;4H,1H3. The van der Waals surface area contributed by atoms with Crippen LogP contribution in [0.25, 0.3) is 0 Å². The van der Waals surface area contributed by atoms with Crippen molar-refractivity contribution < 1.29 is 4.79 Å². The van der Waals surface area contributed by atoms with Crippen molar-refractivity contribution in [1.29, 1.82) is 0 Å². The summed E-state index contributed by atoms with van der Waals surface area (Å²) in [5, 5.41) is 0. The number of hydrogen-bond acceptors (Lipinski definition) is 1. The van der Waals surface area contributed by atoms with Gasteiger partial charge in [-0.15, -0.1) is 0 Å². The molecule has 0 aliphatic heterocycles. The molecule has 0 amide bonds. The van der Waals surface area contributed by atoms with Crippen LogP contribution in [0.4, 0.5) is 0 Å². The van der Waals surface area contributed by atoms with E-state index in [1.165, 1.54) is 6.08 Å². The second kappa shape index (κ2) is 9.21. The molecule has 0 aromatic carbocycles. The summed E-state index contributed by atoms with van der Waals surface area (Å²) in [6.07, 6.45) is 1.91. The van der Waals surface area contributed by atoms with E-state index < -0.39 is 7.42 Å². The molecule has 1 nitrogen and oxygen atoms in total. The van der Waals surface area contributed by atoms with Crippen molar-refractivity contribution in [3.05, 3.63) is 12.7 Å². The first kappa shape index (κ1) is 12.8. The molecule has 0 N–H and O–H groups in total. The summed E-state index contributed by atoms with van der Waals surface area (Å²) < 4.78 is 0. The average Bonchev–Trinajstić information content (AvgIpc) is 1.85. The molecule has 0 spiro atoms. The lowest BCUT2D eigenvalue weighted by atomic mass is 10.3. The molecule has 0 bridgehead atoms. The maximum absolute atomic E-state index is 10.1. The van der Waals surface area contributed by atoms with Gasteiger partial charge in [0.2, 0.25) is 7.42 Å². The number of ketones is 1. The molecule has 0 saturated carbocycles. The molecule has 0 heterocycles. The summed E-state index contributed by atoms with van der Waals surface area (Å²) in [5.74, 6) is 0.106. The maximum Gasteiger partial charge on any atom is 0.234 e. The Labute approximate surface area is 73.0 Å². The van der Waals surface area contributed by atoms with Crippen molar-refractivity contribution in [2.24, 2.45) is 0 Å². The summed E-state index contributed by atoms with van der Waals surface area (Å²) in [7, 11) is -1.19. The van der Waals surface area contributed by atoms with Crippen molar-refractivity contribution >= 4 is 35.4 Å². The zero-order valence-electron chi connectivity index (χ0n) is 6.23. The number of halogens is 2. The monoisotopic (exact) mass is 198 g/mol. The van der Waals surface area contributed by atoms with Crippen molar-refractivity contribution in [3.8, 4) is 0 Å². The first-order chi connectivity index (χ1) is 4.54. The smallest absolute Gasteiger partial charge is 0.234 e. The number of allylic oxidation sites excluding steroid dienone is 1. The number of rotatable bonds is 2. The molecule has 0 aromatic rings. The van der Waals surface area contributed by atoms with Crippen LogP contribution in [0.3, 0.4) is 0 Å². The van der Waals surface area contributed by atoms with Crippen molar-refractivity contribution in [3.63, 3.8) is 0 Å². The van der Waals surface area contributed by atoms with Crippen LogP contribution < -0.4 is 0 Å². The summed E-state index contributed by atoms with van der Waals surface area (Å²) >= 11 is 10.4. The van der Waals surface area contributed by atoms with Gasteiger partial charge >= 0.3 is 0 Å². The van der Waals surface area contributed by atoms with E-state index in [2.05, 4.69) is 6.58 Å². The highest BCUT2D eigenvalue weighted by Gasteiger charge is 1.82. The van der Waals surface area contributed by atoms with Crippen LogP contribution >= 0.6 is 22.2 Å². The fraction of sp³-hybridized carbons (Fsp3) is 0.500. The van der Waals surface area contributed by atoms with Gasteiger partial charge in [0, 0.05) is 6.42 Å². The molecule has 0 atom stereocenters. The van der Waals surface area contributed by atoms with Crippen LogP contribution in [-0.4, -0.2) is 13.2 Å². The summed E-state index contributed by atoms with van der Waals surface area (Å²) in [6.45, 7) is 6.93. The van der Waals surface area contributed by atoms with Crippen molar-refractivity contribution in [2.45, 2.75) is 19.9 Å². The minimum atomic E-state index is -1.19. The van der Waals surface area contributed by atoms with E-state index in [1.807, 2.05) is 13.5 Å². The highest BCUT2D eigenvalue weighted by Crippen LogP contribution is 1.89. The molecule has 0 rings (SSSR count). The van der Waals surface area contributed by atoms with Gasteiger partial charge in [0.15, 0.2) is 5.78 Å². The van der Waals surface area contributed by atoms with E-state index in [9.17, 15) is 4.79 Å². The van der Waals surface area contributed by atoms with Crippen LogP contribution in [0.15, 0.2) is 12.7 Å². The highest BCUT2D eigenvalue weighted by atomic mass is 35.7. The zero-order chi connectivity index (χ0) is 8.57. The molecular formula is C6H12Cl2OSi. The van der Waals surface area contributed by atoms with Crippen LogP contribution in [0.2, 0.25) is 6.55 Å². The number of carbonyl (C=O) groups is 1. The zero-order valence-corrected chi connectivity index (χ0v) is 8.90. The second-order valence-corrected chi connectivity index (χ2v) is 7.18. The van der Waals surface area contributed by atoms with Crippen molar-refractivity contribution in [1.82, 2.24) is 0 Å². The Morgan fingerprint density at radius 3 is 2.00 bits per heavy atom. The first-order valence-corrected chi connectivity index (χ1v) is 7.62. The van der Waals surface area contributed by atoms with Gasteiger partial charge in [-0.1, -0.05) is 13.5 Å². The first-order valence-electron chi connectivity index (χ1n) is 2.98. The average molecular weight is 199 g/mol. The van der Waals surface area contributed by atoms with Gasteiger partial charge in [-0.25, -0.2) is 0 Å². The third kappa shape index (κ3) is 24.1. The number of hydrogen-bond donors (Lipinski definition) is 0. The fourth-order valence-electron chi connectivity index (χ4n) is 0.144. The van der Waals surface area contributed by atoms with E-state index in [1.54, 1.807) is 0 Å². The van der Waals surface area contributed by atoms with E-state index in [-0.39, 0.29) is 5.78 Å². The van der Waals surface area contributed by atoms with Gasteiger partial charge in [-0.2, -0.15) is 22.2 Å². The van der Waals surface area contributed by atoms with Gasteiger partial charge in [0.05, 0.1) is 0 Å². The summed E-state index contributed by atoms with van der Waals surface area (Å²) in [5.41, 5.74) is 0. The van der Waals surface area contributed by atoms with E-state index >= 15 is 0 Å².